The van der Waals surface area contributed by atoms with Gasteiger partial charge in [-0.3, -0.25) is 10.1 Å². The van der Waals surface area contributed by atoms with Crippen LogP contribution in [0.15, 0.2) is 48.8 Å². The van der Waals surface area contributed by atoms with Crippen molar-refractivity contribution in [2.75, 3.05) is 41.3 Å². The lowest BCUT2D eigenvalue weighted by atomic mass is 10.2. The standard InChI is InChI=1S/C28H27F2N9O/c1-16-12-19-26(30)22(13-20(29)27(19)32-16)40-28-34-23(33-24-14-21(36-37-24)17-2-3-17)15-25(35-28)39-10-8-38(9-11-39)18-4-6-31-7-5-18/h4-7,12-15,17,32H,2-3,8-11H2,1H3,(H2,33,34,35,36,37). The Bertz CT molecular complexity index is 1670. The van der Waals surface area contributed by atoms with Gasteiger partial charge in [0.15, 0.2) is 23.2 Å². The molecule has 7 rings (SSSR count). The molecule has 0 bridgehead atoms. The van der Waals surface area contributed by atoms with Crippen LogP contribution in [0.2, 0.25) is 0 Å². The molecular formula is C28H27F2N9O. The zero-order valence-corrected chi connectivity index (χ0v) is 21.8. The second kappa shape index (κ2) is 9.78. The lowest BCUT2D eigenvalue weighted by Crippen LogP contribution is -2.46. The van der Waals surface area contributed by atoms with Gasteiger partial charge in [0.1, 0.15) is 11.6 Å². The summed E-state index contributed by atoms with van der Waals surface area (Å²) in [5.74, 6) is 0.586. The fourth-order valence-corrected chi connectivity index (χ4v) is 5.08. The van der Waals surface area contributed by atoms with Crippen molar-refractivity contribution in [3.05, 3.63) is 71.8 Å². The summed E-state index contributed by atoms with van der Waals surface area (Å²) in [4.78, 5) is 20.4. The first-order valence-corrected chi connectivity index (χ1v) is 13.3. The van der Waals surface area contributed by atoms with E-state index in [2.05, 4.69) is 45.2 Å². The van der Waals surface area contributed by atoms with E-state index in [4.69, 9.17) is 4.74 Å². The summed E-state index contributed by atoms with van der Waals surface area (Å²) in [5, 5.41) is 10.8. The third-order valence-corrected chi connectivity index (χ3v) is 7.30. The van der Waals surface area contributed by atoms with Crippen LogP contribution in [-0.2, 0) is 0 Å². The van der Waals surface area contributed by atoms with Crippen LogP contribution in [0, 0.1) is 18.6 Å². The van der Waals surface area contributed by atoms with Crippen molar-refractivity contribution in [3.63, 3.8) is 0 Å². The third-order valence-electron chi connectivity index (χ3n) is 7.30. The van der Waals surface area contributed by atoms with Gasteiger partial charge < -0.3 is 24.8 Å². The van der Waals surface area contributed by atoms with E-state index in [1.807, 2.05) is 24.3 Å². The molecule has 5 aromatic rings. The largest absolute Gasteiger partial charge is 0.421 e. The van der Waals surface area contributed by atoms with Crippen molar-refractivity contribution in [1.29, 1.82) is 0 Å². The Morgan fingerprint density at radius 1 is 0.950 bits per heavy atom. The van der Waals surface area contributed by atoms with E-state index >= 15 is 4.39 Å². The second-order valence-electron chi connectivity index (χ2n) is 10.2. The molecule has 2 aliphatic rings. The van der Waals surface area contributed by atoms with Crippen LogP contribution < -0.4 is 19.9 Å². The molecule has 204 valence electrons. The zero-order chi connectivity index (χ0) is 27.2. The number of hydrogen-bond acceptors (Lipinski definition) is 8. The number of benzene rings is 1. The van der Waals surface area contributed by atoms with Gasteiger partial charge >= 0.3 is 6.01 Å². The molecule has 0 atom stereocenters. The first-order valence-electron chi connectivity index (χ1n) is 13.3. The minimum atomic E-state index is -0.684. The maximum Gasteiger partial charge on any atom is 0.326 e. The average Bonchev–Trinajstić information content (AvgIpc) is 3.58. The number of piperazine rings is 1. The number of nitrogens with zero attached hydrogens (tertiary/aromatic N) is 6. The number of pyridine rings is 1. The molecule has 10 nitrogen and oxygen atoms in total. The van der Waals surface area contributed by atoms with Crippen molar-refractivity contribution in [1.82, 2.24) is 30.1 Å². The fourth-order valence-electron chi connectivity index (χ4n) is 5.08. The highest BCUT2D eigenvalue weighted by atomic mass is 19.1. The third kappa shape index (κ3) is 4.76. The molecule has 0 amide bonds. The van der Waals surface area contributed by atoms with Crippen molar-refractivity contribution in [3.8, 4) is 11.8 Å². The Balaban J connectivity index is 1.19. The number of halogens is 2. The lowest BCUT2D eigenvalue weighted by molar-refractivity contribution is 0.410. The van der Waals surface area contributed by atoms with E-state index in [9.17, 15) is 4.39 Å². The van der Waals surface area contributed by atoms with Crippen molar-refractivity contribution in [2.24, 2.45) is 0 Å². The summed E-state index contributed by atoms with van der Waals surface area (Å²) in [6, 6.07) is 10.2. The summed E-state index contributed by atoms with van der Waals surface area (Å²) in [7, 11) is 0. The van der Waals surface area contributed by atoms with Crippen molar-refractivity contribution >= 4 is 34.0 Å². The van der Waals surface area contributed by atoms with E-state index < -0.39 is 11.6 Å². The highest BCUT2D eigenvalue weighted by Crippen LogP contribution is 2.40. The molecule has 5 heterocycles. The highest BCUT2D eigenvalue weighted by Gasteiger charge is 2.26. The number of aromatic amines is 2. The summed E-state index contributed by atoms with van der Waals surface area (Å²) in [6.45, 7) is 4.69. The predicted octanol–water partition coefficient (Wildman–Crippen LogP) is 5.40. The van der Waals surface area contributed by atoms with Crippen LogP contribution in [-0.4, -0.2) is 56.3 Å². The van der Waals surface area contributed by atoms with Gasteiger partial charge in [0, 0.05) is 85.2 Å². The highest BCUT2D eigenvalue weighted by molar-refractivity contribution is 5.83. The first kappa shape index (κ1) is 24.3. The summed E-state index contributed by atoms with van der Waals surface area (Å²) in [6.07, 6.45) is 5.86. The number of nitrogens with one attached hydrogen (secondary N) is 3. The van der Waals surface area contributed by atoms with Gasteiger partial charge in [-0.2, -0.15) is 15.1 Å². The quantitative estimate of drug-likeness (QED) is 0.250. The molecule has 1 saturated heterocycles. The average molecular weight is 544 g/mol. The number of H-pyrrole nitrogens is 2. The Hall–Kier alpha value is -4.74. The molecule has 40 heavy (non-hydrogen) atoms. The van der Waals surface area contributed by atoms with E-state index in [-0.39, 0.29) is 22.7 Å². The Kier molecular flexibility index (Phi) is 5.94. The molecular weight excluding hydrogens is 516 g/mol. The summed E-state index contributed by atoms with van der Waals surface area (Å²) < 4.78 is 35.9. The molecule has 4 aromatic heterocycles. The van der Waals surface area contributed by atoms with Gasteiger partial charge in [-0.15, -0.1) is 0 Å². The topological polar surface area (TPSA) is 111 Å². The molecule has 1 aliphatic carbocycles. The van der Waals surface area contributed by atoms with Crippen LogP contribution in [0.4, 0.5) is 31.9 Å². The normalized spacial score (nSPS) is 15.6. The molecule has 1 aromatic carbocycles. The number of rotatable bonds is 7. The monoisotopic (exact) mass is 543 g/mol. The van der Waals surface area contributed by atoms with Gasteiger partial charge in [-0.1, -0.05) is 0 Å². The Morgan fingerprint density at radius 3 is 2.50 bits per heavy atom. The van der Waals surface area contributed by atoms with Crippen LogP contribution in [0.5, 0.6) is 11.8 Å². The SMILES string of the molecule is Cc1cc2c(F)c(Oc3nc(Nc4cc(C5CC5)[nH]n4)cc(N4CCN(c5ccncc5)CC4)n3)cc(F)c2[nH]1. The molecule has 1 aliphatic heterocycles. The smallest absolute Gasteiger partial charge is 0.326 e. The first-order chi connectivity index (χ1) is 19.5. The summed E-state index contributed by atoms with van der Waals surface area (Å²) >= 11 is 0. The van der Waals surface area contributed by atoms with Crippen molar-refractivity contribution < 1.29 is 13.5 Å². The minimum absolute atomic E-state index is 0.0939. The maximum absolute atomic E-state index is 15.3. The zero-order valence-electron chi connectivity index (χ0n) is 21.8. The predicted molar refractivity (Wildman–Crippen MR) is 148 cm³/mol. The van der Waals surface area contributed by atoms with Gasteiger partial charge in [0.25, 0.3) is 0 Å². The fraction of sp³-hybridized carbons (Fsp3) is 0.286. The van der Waals surface area contributed by atoms with Crippen LogP contribution >= 0.6 is 0 Å². The molecule has 1 saturated carbocycles. The molecule has 12 heteroatoms. The van der Waals surface area contributed by atoms with E-state index in [0.717, 1.165) is 43.4 Å². The number of fused-ring (bicyclic) bond motifs is 1. The maximum atomic E-state index is 15.3. The van der Waals surface area contributed by atoms with E-state index in [1.54, 1.807) is 25.4 Å². The van der Waals surface area contributed by atoms with Crippen LogP contribution in [0.1, 0.15) is 30.1 Å². The number of aryl methyl sites for hydroxylation is 1. The molecule has 0 spiro atoms. The number of hydrogen-bond donors (Lipinski definition) is 3. The Labute approximate surface area is 228 Å². The minimum Gasteiger partial charge on any atom is -0.421 e. The molecule has 3 N–H and O–H groups in total. The second-order valence-corrected chi connectivity index (χ2v) is 10.2. The van der Waals surface area contributed by atoms with Gasteiger partial charge in [0.05, 0.1) is 5.52 Å². The molecule has 2 fully saturated rings. The molecule has 0 radical (unpaired) electrons. The number of anilines is 4. The number of ether oxygens (including phenoxy) is 1. The Morgan fingerprint density at radius 2 is 1.73 bits per heavy atom. The van der Waals surface area contributed by atoms with E-state index in [0.29, 0.717) is 42.2 Å². The van der Waals surface area contributed by atoms with Gasteiger partial charge in [-0.05, 0) is 38.0 Å². The van der Waals surface area contributed by atoms with Gasteiger partial charge in [0.2, 0.25) is 0 Å². The van der Waals surface area contributed by atoms with Gasteiger partial charge in [-0.25, -0.2) is 8.78 Å². The molecule has 0 unspecified atom stereocenters. The number of aromatic nitrogens is 6. The van der Waals surface area contributed by atoms with Crippen molar-refractivity contribution in [2.45, 2.75) is 25.7 Å². The summed E-state index contributed by atoms with van der Waals surface area (Å²) in [5.41, 5.74) is 2.93. The van der Waals surface area contributed by atoms with Crippen LogP contribution in [0.25, 0.3) is 10.9 Å². The van der Waals surface area contributed by atoms with E-state index in [1.165, 1.54) is 0 Å². The lowest BCUT2D eigenvalue weighted by Gasteiger charge is -2.36. The van der Waals surface area contributed by atoms with Crippen LogP contribution in [0.3, 0.4) is 0 Å².